The minimum atomic E-state index is -0.782. The lowest BCUT2D eigenvalue weighted by Crippen LogP contribution is -2.10. The molecule has 6 heteroatoms. The number of aliphatic hydroxyl groups is 1. The summed E-state index contributed by atoms with van der Waals surface area (Å²) in [7, 11) is 1.49. The molecule has 0 aliphatic rings. The molecule has 0 bridgehead atoms. The smallest absolute Gasteiger partial charge is 0.493 e. The Labute approximate surface area is 105 Å². The average Bonchev–Trinajstić information content (AvgIpc) is 2.36. The lowest BCUT2D eigenvalue weighted by Gasteiger charge is -2.11. The number of ether oxygens (including phenoxy) is 4. The van der Waals surface area contributed by atoms with E-state index in [-0.39, 0.29) is 25.6 Å². The molecule has 1 N–H and O–H groups in total. The maximum absolute atomic E-state index is 11.1. The zero-order valence-corrected chi connectivity index (χ0v) is 10.3. The van der Waals surface area contributed by atoms with E-state index in [1.54, 1.807) is 19.1 Å². The number of aliphatic hydroxyl groups excluding tert-OH is 1. The molecule has 6 nitrogen and oxygen atoms in total. The van der Waals surface area contributed by atoms with Crippen molar-refractivity contribution < 1.29 is 28.8 Å². The van der Waals surface area contributed by atoms with Gasteiger partial charge in [-0.3, -0.25) is 0 Å². The molecular formula is C12H16O6. The lowest BCUT2D eigenvalue weighted by molar-refractivity contribution is 0.104. The fraction of sp³-hybridized carbons (Fsp3) is 0.417. The van der Waals surface area contributed by atoms with Crippen LogP contribution in [0.4, 0.5) is 4.79 Å². The Morgan fingerprint density at radius 1 is 1.33 bits per heavy atom. The van der Waals surface area contributed by atoms with E-state index in [9.17, 15) is 4.79 Å². The zero-order valence-electron chi connectivity index (χ0n) is 10.3. The molecule has 0 radical (unpaired) electrons. The van der Waals surface area contributed by atoms with Gasteiger partial charge < -0.3 is 24.1 Å². The van der Waals surface area contributed by atoms with Gasteiger partial charge in [0.2, 0.25) is 0 Å². The Hall–Kier alpha value is -1.95. The highest BCUT2D eigenvalue weighted by Crippen LogP contribution is 2.31. The molecule has 0 heterocycles. The fourth-order valence-corrected chi connectivity index (χ4v) is 1.23. The van der Waals surface area contributed by atoms with Crippen molar-refractivity contribution in [3.05, 3.63) is 18.2 Å². The summed E-state index contributed by atoms with van der Waals surface area (Å²) in [6, 6.07) is 4.65. The summed E-state index contributed by atoms with van der Waals surface area (Å²) in [6.07, 6.45) is -0.782. The molecule has 0 aromatic heterocycles. The van der Waals surface area contributed by atoms with E-state index >= 15 is 0 Å². The van der Waals surface area contributed by atoms with Crippen LogP contribution in [0.3, 0.4) is 0 Å². The molecule has 1 aromatic rings. The number of rotatable bonds is 6. The molecule has 0 spiro atoms. The van der Waals surface area contributed by atoms with Crippen molar-refractivity contribution in [3.8, 4) is 17.2 Å². The summed E-state index contributed by atoms with van der Waals surface area (Å²) in [5.41, 5.74) is 0. The Morgan fingerprint density at radius 3 is 2.72 bits per heavy atom. The van der Waals surface area contributed by atoms with Gasteiger partial charge in [-0.05, 0) is 19.1 Å². The van der Waals surface area contributed by atoms with Crippen LogP contribution in [0, 0.1) is 0 Å². The lowest BCUT2D eigenvalue weighted by atomic mass is 10.3. The first-order valence-corrected chi connectivity index (χ1v) is 5.47. The minimum Gasteiger partial charge on any atom is -0.493 e. The van der Waals surface area contributed by atoms with E-state index in [0.717, 1.165) is 0 Å². The van der Waals surface area contributed by atoms with Crippen LogP contribution in [0.1, 0.15) is 6.92 Å². The summed E-state index contributed by atoms with van der Waals surface area (Å²) in [6.45, 7) is 1.93. The van der Waals surface area contributed by atoms with E-state index in [1.165, 1.54) is 13.2 Å². The zero-order chi connectivity index (χ0) is 13.4. The Kier molecular flexibility index (Phi) is 5.79. The van der Waals surface area contributed by atoms with Crippen molar-refractivity contribution in [2.45, 2.75) is 6.92 Å². The number of carbonyl (C=O) groups is 1. The third-order valence-electron chi connectivity index (χ3n) is 1.95. The van der Waals surface area contributed by atoms with E-state index in [4.69, 9.17) is 19.3 Å². The van der Waals surface area contributed by atoms with Crippen molar-refractivity contribution in [1.82, 2.24) is 0 Å². The van der Waals surface area contributed by atoms with Crippen LogP contribution in [0.2, 0.25) is 0 Å². The topological polar surface area (TPSA) is 74.2 Å². The number of hydrogen-bond donors (Lipinski definition) is 1. The number of carbonyl (C=O) groups excluding carboxylic acids is 1. The molecule has 0 saturated carbocycles. The van der Waals surface area contributed by atoms with Crippen LogP contribution in [0.15, 0.2) is 18.2 Å². The molecule has 0 unspecified atom stereocenters. The summed E-state index contributed by atoms with van der Waals surface area (Å²) in [5.74, 6) is 1.15. The van der Waals surface area contributed by atoms with Gasteiger partial charge >= 0.3 is 6.16 Å². The van der Waals surface area contributed by atoms with Crippen molar-refractivity contribution in [2.75, 3.05) is 26.9 Å². The quantitative estimate of drug-likeness (QED) is 0.615. The van der Waals surface area contributed by atoms with Crippen LogP contribution in [0.25, 0.3) is 0 Å². The number of methoxy groups -OCH3 is 1. The van der Waals surface area contributed by atoms with Gasteiger partial charge in [0.25, 0.3) is 0 Å². The van der Waals surface area contributed by atoms with Crippen LogP contribution in [-0.2, 0) is 4.74 Å². The van der Waals surface area contributed by atoms with Crippen LogP contribution in [-0.4, -0.2) is 38.2 Å². The van der Waals surface area contributed by atoms with Crippen LogP contribution >= 0.6 is 0 Å². The van der Waals surface area contributed by atoms with Crippen molar-refractivity contribution in [3.63, 3.8) is 0 Å². The number of benzene rings is 1. The van der Waals surface area contributed by atoms with Gasteiger partial charge in [0.1, 0.15) is 12.4 Å². The highest BCUT2D eigenvalue weighted by atomic mass is 16.7. The van der Waals surface area contributed by atoms with E-state index < -0.39 is 6.16 Å². The average molecular weight is 256 g/mol. The summed E-state index contributed by atoms with van der Waals surface area (Å²) >= 11 is 0. The highest BCUT2D eigenvalue weighted by molar-refractivity contribution is 5.64. The number of hydrogen-bond acceptors (Lipinski definition) is 6. The second kappa shape index (κ2) is 7.39. The molecule has 18 heavy (non-hydrogen) atoms. The predicted molar refractivity (Wildman–Crippen MR) is 63.2 cm³/mol. The Bertz CT molecular complexity index is 390. The highest BCUT2D eigenvalue weighted by Gasteiger charge is 2.10. The van der Waals surface area contributed by atoms with Gasteiger partial charge in [0.05, 0.1) is 20.3 Å². The molecule has 100 valence electrons. The largest absolute Gasteiger partial charge is 0.513 e. The molecule has 0 aliphatic heterocycles. The third-order valence-corrected chi connectivity index (χ3v) is 1.95. The molecule has 0 aliphatic carbocycles. The van der Waals surface area contributed by atoms with E-state index in [0.29, 0.717) is 11.5 Å². The van der Waals surface area contributed by atoms with Gasteiger partial charge in [-0.2, -0.15) is 0 Å². The van der Waals surface area contributed by atoms with Gasteiger partial charge in [-0.1, -0.05) is 0 Å². The minimum absolute atomic E-state index is 0.119. The molecule has 0 amide bonds. The maximum atomic E-state index is 11.1. The SMILES string of the molecule is CCOC(=O)Oc1ccc(OC)c(OCCO)c1. The van der Waals surface area contributed by atoms with E-state index in [2.05, 4.69) is 4.74 Å². The third kappa shape index (κ3) is 4.14. The normalized spacial score (nSPS) is 9.72. The summed E-state index contributed by atoms with van der Waals surface area (Å²) in [5, 5.41) is 8.70. The van der Waals surface area contributed by atoms with Gasteiger partial charge in [0.15, 0.2) is 11.5 Å². The fourth-order valence-electron chi connectivity index (χ4n) is 1.23. The first-order valence-electron chi connectivity index (χ1n) is 5.47. The Morgan fingerprint density at radius 2 is 2.11 bits per heavy atom. The van der Waals surface area contributed by atoms with E-state index in [1.807, 2.05) is 0 Å². The molecule has 1 rings (SSSR count). The monoisotopic (exact) mass is 256 g/mol. The van der Waals surface area contributed by atoms with Crippen LogP contribution in [0.5, 0.6) is 17.2 Å². The van der Waals surface area contributed by atoms with Gasteiger partial charge in [-0.25, -0.2) is 4.79 Å². The van der Waals surface area contributed by atoms with Gasteiger partial charge in [-0.15, -0.1) is 0 Å². The predicted octanol–water partition coefficient (Wildman–Crippen LogP) is 1.60. The maximum Gasteiger partial charge on any atom is 0.513 e. The Balaban J connectivity index is 2.78. The van der Waals surface area contributed by atoms with Crippen molar-refractivity contribution in [1.29, 1.82) is 0 Å². The standard InChI is InChI=1S/C12H16O6/c1-3-16-12(14)18-9-4-5-10(15-2)11(8-9)17-7-6-13/h4-5,8,13H,3,6-7H2,1-2H3. The van der Waals surface area contributed by atoms with Gasteiger partial charge in [0, 0.05) is 6.07 Å². The van der Waals surface area contributed by atoms with Crippen molar-refractivity contribution >= 4 is 6.16 Å². The first kappa shape index (κ1) is 14.1. The second-order valence-corrected chi connectivity index (χ2v) is 3.17. The molecule has 1 aromatic carbocycles. The molecule has 0 atom stereocenters. The molecule has 0 fully saturated rings. The second-order valence-electron chi connectivity index (χ2n) is 3.17. The van der Waals surface area contributed by atoms with Crippen molar-refractivity contribution in [2.24, 2.45) is 0 Å². The summed E-state index contributed by atoms with van der Waals surface area (Å²) in [4.78, 5) is 11.1. The molecule has 0 saturated heterocycles. The van der Waals surface area contributed by atoms with Crippen LogP contribution < -0.4 is 14.2 Å². The summed E-state index contributed by atoms with van der Waals surface area (Å²) < 4.78 is 19.9. The molecular weight excluding hydrogens is 240 g/mol. The first-order chi connectivity index (χ1) is 8.71.